The molecule has 0 aromatic carbocycles. The monoisotopic (exact) mass is 126 g/mol. The van der Waals surface area contributed by atoms with Crippen LogP contribution >= 0.6 is 0 Å². The highest BCUT2D eigenvalue weighted by molar-refractivity contribution is 5.85. The molecule has 0 spiro atoms. The van der Waals surface area contributed by atoms with Crippen molar-refractivity contribution in [3.05, 3.63) is 24.0 Å². The lowest BCUT2D eigenvalue weighted by Gasteiger charge is -1.93. The second-order valence-corrected chi connectivity index (χ2v) is 1.81. The normalized spacial score (nSPS) is 9.44. The number of nitrogens with zero attached hydrogens (tertiary/aromatic N) is 1. The Morgan fingerprint density at radius 2 is 2.44 bits per heavy atom. The first-order chi connectivity index (χ1) is 4.22. The van der Waals surface area contributed by atoms with Gasteiger partial charge in [-0.1, -0.05) is 0 Å². The predicted octanol–water partition coefficient (Wildman–Crippen LogP) is 0.723. The fraction of sp³-hybridized carbons (Fsp3) is 0.167. The first kappa shape index (κ1) is 5.88. The zero-order chi connectivity index (χ0) is 6.85. The van der Waals surface area contributed by atoms with Gasteiger partial charge in [0.15, 0.2) is 0 Å². The fourth-order valence-corrected chi connectivity index (χ4v) is 0.683. The van der Waals surface area contributed by atoms with Gasteiger partial charge in [-0.2, -0.15) is 0 Å². The molecule has 0 aliphatic heterocycles. The van der Waals surface area contributed by atoms with Crippen LogP contribution in [0.5, 0.6) is 0 Å². The Labute approximate surface area is 52.5 Å². The van der Waals surface area contributed by atoms with Crippen molar-refractivity contribution < 1.29 is 9.90 Å². The summed E-state index contributed by atoms with van der Waals surface area (Å²) in [7, 11) is 1.70. The molecule has 1 aromatic rings. The van der Waals surface area contributed by atoms with Crippen LogP contribution in [0.4, 0.5) is 0 Å². The van der Waals surface area contributed by atoms with Crippen LogP contribution in [0.2, 0.25) is 0 Å². The molecule has 0 bridgehead atoms. The van der Waals surface area contributed by atoms with E-state index in [0.717, 1.165) is 0 Å². The third kappa shape index (κ3) is 0.937. The molecule has 0 amide bonds. The minimum absolute atomic E-state index is 0.315. The molecular formula is C6H7NO2. The largest absolute Gasteiger partial charge is 0.477 e. The maximum absolute atomic E-state index is 10.3. The Morgan fingerprint density at radius 3 is 2.67 bits per heavy atom. The van der Waals surface area contributed by atoms with Crippen LogP contribution in [-0.2, 0) is 7.05 Å². The summed E-state index contributed by atoms with van der Waals surface area (Å²) in [4.78, 5) is 10.3. The van der Waals surface area contributed by atoms with Crippen molar-refractivity contribution in [3.8, 4) is 0 Å². The topological polar surface area (TPSA) is 42.2 Å². The third-order valence-electron chi connectivity index (χ3n) is 1.16. The van der Waals surface area contributed by atoms with E-state index in [1.165, 1.54) is 0 Å². The second kappa shape index (κ2) is 1.93. The van der Waals surface area contributed by atoms with Crippen molar-refractivity contribution in [2.45, 2.75) is 0 Å². The highest BCUT2D eigenvalue weighted by Gasteiger charge is 2.03. The van der Waals surface area contributed by atoms with Crippen molar-refractivity contribution in [1.29, 1.82) is 0 Å². The lowest BCUT2D eigenvalue weighted by molar-refractivity contribution is 0.0686. The van der Waals surface area contributed by atoms with Gasteiger partial charge in [0.05, 0.1) is 0 Å². The molecule has 0 saturated carbocycles. The molecule has 0 aliphatic carbocycles. The van der Waals surface area contributed by atoms with Crippen molar-refractivity contribution in [1.82, 2.24) is 4.57 Å². The summed E-state index contributed by atoms with van der Waals surface area (Å²) in [6.07, 6.45) is 1.70. The van der Waals surface area contributed by atoms with E-state index in [1.54, 1.807) is 29.9 Å². The van der Waals surface area contributed by atoms with Crippen molar-refractivity contribution in [2.75, 3.05) is 0 Å². The number of aryl methyl sites for hydroxylation is 1. The quantitative estimate of drug-likeness (QED) is 0.563. The van der Waals surface area contributed by atoms with E-state index in [2.05, 4.69) is 0 Å². The molecule has 0 unspecified atom stereocenters. The number of hydrogen-bond donors (Lipinski definition) is 1. The van der Waals surface area contributed by atoms with E-state index in [4.69, 9.17) is 5.11 Å². The zero-order valence-corrected chi connectivity index (χ0v) is 5.03. The summed E-state index contributed by atoms with van der Waals surface area (Å²) in [5, 5.41) is 8.43. The molecule has 0 fully saturated rings. The molecule has 3 heteroatoms. The van der Waals surface area contributed by atoms with Gasteiger partial charge in [0.25, 0.3) is 0 Å². The van der Waals surface area contributed by atoms with Crippen molar-refractivity contribution in [2.24, 2.45) is 7.05 Å². The smallest absolute Gasteiger partial charge is 0.352 e. The summed E-state index contributed by atoms with van der Waals surface area (Å²) in [5.41, 5.74) is 0.315. The summed E-state index contributed by atoms with van der Waals surface area (Å²) < 4.78 is 1.56. The average Bonchev–Trinajstić information content (AvgIpc) is 2.13. The fourth-order valence-electron chi connectivity index (χ4n) is 0.683. The number of aromatic carboxylic acids is 1. The van der Waals surface area contributed by atoms with Crippen LogP contribution < -0.4 is 0 Å². The van der Waals surface area contributed by atoms with Gasteiger partial charge >= 0.3 is 5.97 Å². The third-order valence-corrected chi connectivity index (χ3v) is 1.16. The maximum atomic E-state index is 10.3. The molecule has 0 saturated heterocycles. The van der Waals surface area contributed by atoms with E-state index >= 15 is 0 Å². The van der Waals surface area contributed by atoms with Crippen LogP contribution in [0.15, 0.2) is 18.3 Å². The predicted molar refractivity (Wildman–Crippen MR) is 32.4 cm³/mol. The van der Waals surface area contributed by atoms with E-state index in [-0.39, 0.29) is 0 Å². The lowest BCUT2D eigenvalue weighted by atomic mass is 10.6. The van der Waals surface area contributed by atoms with Gasteiger partial charge in [0, 0.05) is 13.2 Å². The van der Waals surface area contributed by atoms with Crippen LogP contribution in [0.1, 0.15) is 10.5 Å². The van der Waals surface area contributed by atoms with Gasteiger partial charge in [-0.05, 0) is 12.1 Å². The second-order valence-electron chi connectivity index (χ2n) is 1.81. The van der Waals surface area contributed by atoms with Gasteiger partial charge in [0.1, 0.15) is 5.69 Å². The molecule has 1 heterocycles. The summed E-state index contributed by atoms with van der Waals surface area (Å²) in [6, 6.07) is 3.26. The Morgan fingerprint density at radius 1 is 1.78 bits per heavy atom. The van der Waals surface area contributed by atoms with E-state index in [1.807, 2.05) is 0 Å². The molecule has 1 rings (SSSR count). The van der Waals surface area contributed by atoms with Crippen LogP contribution in [0, 0.1) is 0 Å². The molecule has 48 valence electrons. The van der Waals surface area contributed by atoms with Gasteiger partial charge in [-0.15, -0.1) is 0 Å². The van der Waals surface area contributed by atoms with Crippen LogP contribution in [0.25, 0.3) is 0 Å². The number of hydrogen-bond acceptors (Lipinski definition) is 1. The van der Waals surface area contributed by atoms with Crippen molar-refractivity contribution in [3.63, 3.8) is 0 Å². The van der Waals surface area contributed by atoms with Gasteiger partial charge in [-0.25, -0.2) is 4.79 Å². The van der Waals surface area contributed by atoms with Crippen LogP contribution in [-0.4, -0.2) is 15.6 Å². The minimum atomic E-state index is -0.887. The Balaban J connectivity index is 3.08. The van der Waals surface area contributed by atoms with Crippen molar-refractivity contribution >= 4 is 5.97 Å². The number of carboxylic acids is 1. The van der Waals surface area contributed by atoms with E-state index in [0.29, 0.717) is 5.69 Å². The summed E-state index contributed by atoms with van der Waals surface area (Å²) in [6.45, 7) is 0. The number of rotatable bonds is 1. The molecule has 9 heavy (non-hydrogen) atoms. The molecule has 0 radical (unpaired) electrons. The Bertz CT molecular complexity index is 227. The Kier molecular flexibility index (Phi) is 1.26. The standard InChI is InChI=1S/C6H7NO2/c1-7-4-2-3-5(7)6(8)9/h2-4H,1H3,(H,8,9)/i6+1. The zero-order valence-electron chi connectivity index (χ0n) is 5.03. The first-order valence-electron chi connectivity index (χ1n) is 2.56. The molecule has 1 N–H and O–H groups in total. The Hall–Kier alpha value is -1.25. The number of aromatic nitrogens is 1. The van der Waals surface area contributed by atoms with Gasteiger partial charge in [0.2, 0.25) is 0 Å². The maximum Gasteiger partial charge on any atom is 0.352 e. The molecular weight excluding hydrogens is 119 g/mol. The summed E-state index contributed by atoms with van der Waals surface area (Å²) in [5.74, 6) is -0.887. The SMILES string of the molecule is Cn1cccc1[13C](=O)O. The van der Waals surface area contributed by atoms with Crippen LogP contribution in [0.3, 0.4) is 0 Å². The highest BCUT2D eigenvalue weighted by atomic mass is 16.5. The molecule has 3 nitrogen and oxygen atoms in total. The highest BCUT2D eigenvalue weighted by Crippen LogP contribution is 1.97. The first-order valence-corrected chi connectivity index (χ1v) is 2.56. The van der Waals surface area contributed by atoms with E-state index in [9.17, 15) is 4.79 Å². The lowest BCUT2D eigenvalue weighted by Crippen LogP contribution is -2.02. The van der Waals surface area contributed by atoms with Gasteiger partial charge < -0.3 is 9.67 Å². The number of carbonyl (C=O) groups is 1. The minimum Gasteiger partial charge on any atom is -0.477 e. The molecule has 1 aromatic heterocycles. The van der Waals surface area contributed by atoms with Gasteiger partial charge in [-0.3, -0.25) is 0 Å². The summed E-state index contributed by atoms with van der Waals surface area (Å²) >= 11 is 0. The van der Waals surface area contributed by atoms with E-state index < -0.39 is 5.97 Å². The molecule has 0 atom stereocenters. The average molecular weight is 126 g/mol. The number of carboxylic acid groups (broad SMARTS) is 1. The molecule has 0 aliphatic rings.